The Labute approximate surface area is 145 Å². The SMILES string of the molecule is COc1cccc(-c2csc(CCNC(=O)c3ccccc3)n2)c1. The van der Waals surface area contributed by atoms with Crippen molar-refractivity contribution < 1.29 is 9.53 Å². The van der Waals surface area contributed by atoms with Crippen molar-refractivity contribution in [1.82, 2.24) is 10.3 Å². The predicted molar refractivity (Wildman–Crippen MR) is 96.6 cm³/mol. The van der Waals surface area contributed by atoms with E-state index in [1.165, 1.54) is 0 Å². The third-order valence-electron chi connectivity index (χ3n) is 3.58. The van der Waals surface area contributed by atoms with Gasteiger partial charge in [-0.2, -0.15) is 0 Å². The molecule has 1 aromatic heterocycles. The molecule has 1 N–H and O–H groups in total. The van der Waals surface area contributed by atoms with Gasteiger partial charge in [-0.05, 0) is 24.3 Å². The van der Waals surface area contributed by atoms with Gasteiger partial charge in [-0.3, -0.25) is 4.79 Å². The predicted octanol–water partition coefficient (Wildman–Crippen LogP) is 3.79. The van der Waals surface area contributed by atoms with Crippen molar-refractivity contribution >= 4 is 17.2 Å². The van der Waals surface area contributed by atoms with Gasteiger partial charge in [0.1, 0.15) is 5.75 Å². The molecule has 0 saturated carbocycles. The summed E-state index contributed by atoms with van der Waals surface area (Å²) in [7, 11) is 1.65. The van der Waals surface area contributed by atoms with Crippen LogP contribution in [0.1, 0.15) is 15.4 Å². The Morgan fingerprint density at radius 3 is 2.79 bits per heavy atom. The van der Waals surface area contributed by atoms with E-state index in [4.69, 9.17) is 4.74 Å². The quantitative estimate of drug-likeness (QED) is 0.744. The van der Waals surface area contributed by atoms with Gasteiger partial charge in [0.25, 0.3) is 5.91 Å². The lowest BCUT2D eigenvalue weighted by atomic mass is 10.2. The number of ether oxygens (including phenoxy) is 1. The van der Waals surface area contributed by atoms with E-state index in [9.17, 15) is 4.79 Å². The minimum absolute atomic E-state index is 0.0554. The van der Waals surface area contributed by atoms with Gasteiger partial charge in [-0.1, -0.05) is 30.3 Å². The van der Waals surface area contributed by atoms with E-state index in [1.54, 1.807) is 30.6 Å². The molecule has 122 valence electrons. The summed E-state index contributed by atoms with van der Waals surface area (Å²) in [6, 6.07) is 17.1. The summed E-state index contributed by atoms with van der Waals surface area (Å²) >= 11 is 1.60. The molecule has 0 atom stereocenters. The average Bonchev–Trinajstić information content (AvgIpc) is 3.11. The smallest absolute Gasteiger partial charge is 0.251 e. The number of hydrogen-bond donors (Lipinski definition) is 1. The molecule has 0 unspecified atom stereocenters. The van der Waals surface area contributed by atoms with Gasteiger partial charge in [0.2, 0.25) is 0 Å². The van der Waals surface area contributed by atoms with Crippen LogP contribution in [0.5, 0.6) is 5.75 Å². The van der Waals surface area contributed by atoms with Crippen LogP contribution in [0.3, 0.4) is 0 Å². The van der Waals surface area contributed by atoms with Crippen LogP contribution in [-0.4, -0.2) is 24.5 Å². The maximum absolute atomic E-state index is 12.0. The highest BCUT2D eigenvalue weighted by Gasteiger charge is 2.07. The van der Waals surface area contributed by atoms with Crippen LogP contribution in [0.15, 0.2) is 60.0 Å². The fraction of sp³-hybridized carbons (Fsp3) is 0.158. The van der Waals surface area contributed by atoms with E-state index in [0.29, 0.717) is 18.5 Å². The molecule has 2 aromatic carbocycles. The Bertz CT molecular complexity index is 815. The molecule has 0 bridgehead atoms. The van der Waals surface area contributed by atoms with E-state index in [-0.39, 0.29) is 5.91 Å². The Balaban J connectivity index is 1.57. The topological polar surface area (TPSA) is 51.2 Å². The van der Waals surface area contributed by atoms with Crippen molar-refractivity contribution in [3.05, 3.63) is 70.5 Å². The molecule has 4 nitrogen and oxygen atoms in total. The largest absolute Gasteiger partial charge is 0.497 e. The molecule has 5 heteroatoms. The molecule has 0 aliphatic heterocycles. The number of rotatable bonds is 6. The number of hydrogen-bond acceptors (Lipinski definition) is 4. The van der Waals surface area contributed by atoms with Crippen LogP contribution in [0, 0.1) is 0 Å². The second-order valence-electron chi connectivity index (χ2n) is 5.23. The number of aromatic nitrogens is 1. The molecule has 0 spiro atoms. The first kappa shape index (κ1) is 16.2. The summed E-state index contributed by atoms with van der Waals surface area (Å²) in [5.74, 6) is 0.761. The summed E-state index contributed by atoms with van der Waals surface area (Å²) in [6.07, 6.45) is 0.715. The molecule has 3 aromatic rings. The number of nitrogens with zero attached hydrogens (tertiary/aromatic N) is 1. The van der Waals surface area contributed by atoms with Crippen LogP contribution in [-0.2, 0) is 6.42 Å². The monoisotopic (exact) mass is 338 g/mol. The first-order valence-corrected chi connectivity index (χ1v) is 8.56. The molecule has 1 heterocycles. The van der Waals surface area contributed by atoms with Crippen LogP contribution in [0.4, 0.5) is 0 Å². The second-order valence-corrected chi connectivity index (χ2v) is 6.17. The zero-order chi connectivity index (χ0) is 16.8. The van der Waals surface area contributed by atoms with Gasteiger partial charge in [0, 0.05) is 29.5 Å². The summed E-state index contributed by atoms with van der Waals surface area (Å²) < 4.78 is 5.24. The van der Waals surface area contributed by atoms with Gasteiger partial charge in [-0.25, -0.2) is 4.98 Å². The molecule has 0 fully saturated rings. The first-order valence-electron chi connectivity index (χ1n) is 7.68. The first-order chi connectivity index (χ1) is 11.8. The normalized spacial score (nSPS) is 10.4. The maximum Gasteiger partial charge on any atom is 0.251 e. The van der Waals surface area contributed by atoms with Crippen molar-refractivity contribution in [3.63, 3.8) is 0 Å². The number of carbonyl (C=O) groups is 1. The minimum Gasteiger partial charge on any atom is -0.497 e. The Morgan fingerprint density at radius 1 is 1.17 bits per heavy atom. The Morgan fingerprint density at radius 2 is 2.00 bits per heavy atom. The van der Waals surface area contributed by atoms with E-state index >= 15 is 0 Å². The lowest BCUT2D eigenvalue weighted by Crippen LogP contribution is -2.25. The van der Waals surface area contributed by atoms with Crippen molar-refractivity contribution in [3.8, 4) is 17.0 Å². The molecule has 1 amide bonds. The van der Waals surface area contributed by atoms with Crippen molar-refractivity contribution in [2.24, 2.45) is 0 Å². The Kier molecular flexibility index (Phi) is 5.23. The minimum atomic E-state index is -0.0554. The van der Waals surface area contributed by atoms with E-state index < -0.39 is 0 Å². The molecule has 0 aliphatic rings. The number of thiazole rings is 1. The van der Waals surface area contributed by atoms with Crippen LogP contribution >= 0.6 is 11.3 Å². The zero-order valence-corrected chi connectivity index (χ0v) is 14.2. The van der Waals surface area contributed by atoms with E-state index in [1.807, 2.05) is 47.8 Å². The summed E-state index contributed by atoms with van der Waals surface area (Å²) in [6.45, 7) is 0.568. The van der Waals surface area contributed by atoms with Crippen molar-refractivity contribution in [1.29, 1.82) is 0 Å². The summed E-state index contributed by atoms with van der Waals surface area (Å²) in [4.78, 5) is 16.6. The maximum atomic E-state index is 12.0. The summed E-state index contributed by atoms with van der Waals surface area (Å²) in [5.41, 5.74) is 2.64. The molecule has 0 aliphatic carbocycles. The number of methoxy groups -OCH3 is 1. The Hall–Kier alpha value is -2.66. The highest BCUT2D eigenvalue weighted by atomic mass is 32.1. The number of benzene rings is 2. The molecular formula is C19H18N2O2S. The summed E-state index contributed by atoms with van der Waals surface area (Å²) in [5, 5.41) is 5.95. The lowest BCUT2D eigenvalue weighted by molar-refractivity contribution is 0.0954. The van der Waals surface area contributed by atoms with Gasteiger partial charge in [-0.15, -0.1) is 11.3 Å². The average molecular weight is 338 g/mol. The van der Waals surface area contributed by atoms with Crippen LogP contribution in [0.2, 0.25) is 0 Å². The van der Waals surface area contributed by atoms with Gasteiger partial charge in [0.15, 0.2) is 0 Å². The number of nitrogens with one attached hydrogen (secondary N) is 1. The molecular weight excluding hydrogens is 320 g/mol. The third-order valence-corrected chi connectivity index (χ3v) is 4.49. The lowest BCUT2D eigenvalue weighted by Gasteiger charge is -2.03. The van der Waals surface area contributed by atoms with Gasteiger partial charge >= 0.3 is 0 Å². The van der Waals surface area contributed by atoms with Gasteiger partial charge in [0.05, 0.1) is 17.8 Å². The van der Waals surface area contributed by atoms with Crippen LogP contribution in [0.25, 0.3) is 11.3 Å². The van der Waals surface area contributed by atoms with Crippen LogP contribution < -0.4 is 10.1 Å². The molecule has 0 radical (unpaired) electrons. The fourth-order valence-electron chi connectivity index (χ4n) is 2.32. The van der Waals surface area contributed by atoms with Gasteiger partial charge < -0.3 is 10.1 Å². The highest BCUT2D eigenvalue weighted by molar-refractivity contribution is 7.09. The third kappa shape index (κ3) is 4.00. The number of carbonyl (C=O) groups excluding carboxylic acids is 1. The highest BCUT2D eigenvalue weighted by Crippen LogP contribution is 2.25. The van der Waals surface area contributed by atoms with E-state index in [0.717, 1.165) is 22.0 Å². The molecule has 24 heavy (non-hydrogen) atoms. The number of amides is 1. The van der Waals surface area contributed by atoms with Crippen molar-refractivity contribution in [2.45, 2.75) is 6.42 Å². The fourth-order valence-corrected chi connectivity index (χ4v) is 3.12. The molecule has 0 saturated heterocycles. The van der Waals surface area contributed by atoms with E-state index in [2.05, 4.69) is 10.3 Å². The standard InChI is InChI=1S/C19H18N2O2S/c1-23-16-9-5-8-15(12-16)17-13-24-18(21-17)10-11-20-19(22)14-6-3-2-4-7-14/h2-9,12-13H,10-11H2,1H3,(H,20,22). The zero-order valence-electron chi connectivity index (χ0n) is 13.4. The molecule has 3 rings (SSSR count). The van der Waals surface area contributed by atoms with Crippen molar-refractivity contribution in [2.75, 3.05) is 13.7 Å². The second kappa shape index (κ2) is 7.75.